The van der Waals surface area contributed by atoms with Crippen molar-refractivity contribution in [3.05, 3.63) is 52.9 Å². The molecule has 140 valence electrons. The molecule has 1 saturated heterocycles. The Morgan fingerprint density at radius 3 is 2.48 bits per heavy atom. The number of morpholine rings is 1. The van der Waals surface area contributed by atoms with E-state index in [2.05, 4.69) is 10.6 Å². The fourth-order valence-corrected chi connectivity index (χ4v) is 3.30. The molecule has 2 aromatic rings. The highest BCUT2D eigenvalue weighted by atomic mass is 16.5. The van der Waals surface area contributed by atoms with Gasteiger partial charge in [0.2, 0.25) is 0 Å². The van der Waals surface area contributed by atoms with Crippen LogP contribution in [0.25, 0.3) is 11.8 Å². The maximum Gasteiger partial charge on any atom is 0.264 e. The molecule has 0 saturated carbocycles. The molecule has 1 aromatic carbocycles. The Morgan fingerprint density at radius 1 is 1.22 bits per heavy atom. The fraction of sp³-hybridized carbons (Fsp3) is 0.333. The number of ether oxygens (including phenoxy) is 2. The number of nitriles is 1. The smallest absolute Gasteiger partial charge is 0.264 e. The summed E-state index contributed by atoms with van der Waals surface area (Å²) >= 11 is 0. The second kappa shape index (κ2) is 8.11. The number of rotatable bonds is 4. The van der Waals surface area contributed by atoms with Gasteiger partial charge in [0.1, 0.15) is 17.4 Å². The summed E-state index contributed by atoms with van der Waals surface area (Å²) in [6.07, 6.45) is 1.68. The SMILES string of the molecule is COc1ccc(-n2c(C)cc(/C=C(/C#N)C(=O)N3CCOCC3)c2C)cc1. The Balaban J connectivity index is 1.93. The number of aromatic nitrogens is 1. The summed E-state index contributed by atoms with van der Waals surface area (Å²) < 4.78 is 12.6. The van der Waals surface area contributed by atoms with Crippen molar-refractivity contribution in [3.8, 4) is 17.5 Å². The maximum absolute atomic E-state index is 12.6. The van der Waals surface area contributed by atoms with Crippen molar-refractivity contribution in [2.24, 2.45) is 0 Å². The molecule has 3 rings (SSSR count). The molecule has 0 aliphatic carbocycles. The molecular formula is C21H23N3O3. The van der Waals surface area contributed by atoms with Crippen LogP contribution in [0.5, 0.6) is 5.75 Å². The summed E-state index contributed by atoms with van der Waals surface area (Å²) in [5.74, 6) is 0.555. The third-order valence-electron chi connectivity index (χ3n) is 4.75. The molecule has 0 atom stereocenters. The molecule has 6 nitrogen and oxygen atoms in total. The van der Waals surface area contributed by atoms with Crippen LogP contribution < -0.4 is 4.74 Å². The van der Waals surface area contributed by atoms with Crippen LogP contribution in [0.1, 0.15) is 17.0 Å². The maximum atomic E-state index is 12.6. The van der Waals surface area contributed by atoms with Crippen molar-refractivity contribution in [2.45, 2.75) is 13.8 Å². The lowest BCUT2D eigenvalue weighted by atomic mass is 10.1. The lowest BCUT2D eigenvalue weighted by Crippen LogP contribution is -2.41. The molecule has 1 aliphatic heterocycles. The molecule has 0 N–H and O–H groups in total. The van der Waals surface area contributed by atoms with E-state index in [1.165, 1.54) is 0 Å². The van der Waals surface area contributed by atoms with Crippen LogP contribution in [0.3, 0.4) is 0 Å². The number of hydrogen-bond donors (Lipinski definition) is 0. The summed E-state index contributed by atoms with van der Waals surface area (Å²) in [7, 11) is 1.64. The van der Waals surface area contributed by atoms with Gasteiger partial charge in [0.25, 0.3) is 5.91 Å². The van der Waals surface area contributed by atoms with Gasteiger partial charge in [-0.15, -0.1) is 0 Å². The van der Waals surface area contributed by atoms with E-state index < -0.39 is 0 Å². The van der Waals surface area contributed by atoms with Crippen LogP contribution in [0.4, 0.5) is 0 Å². The quantitative estimate of drug-likeness (QED) is 0.617. The van der Waals surface area contributed by atoms with Gasteiger partial charge < -0.3 is 18.9 Å². The predicted molar refractivity (Wildman–Crippen MR) is 103 cm³/mol. The predicted octanol–water partition coefficient (Wildman–Crippen LogP) is 2.87. The van der Waals surface area contributed by atoms with Crippen molar-refractivity contribution in [1.82, 2.24) is 9.47 Å². The lowest BCUT2D eigenvalue weighted by molar-refractivity contribution is -0.130. The zero-order chi connectivity index (χ0) is 19.4. The van der Waals surface area contributed by atoms with Crippen LogP contribution in [0, 0.1) is 25.2 Å². The molecular weight excluding hydrogens is 342 g/mol. The summed E-state index contributed by atoms with van der Waals surface area (Å²) in [6.45, 7) is 6.04. The Hall–Kier alpha value is -3.04. The molecule has 6 heteroatoms. The number of aryl methyl sites for hydroxylation is 1. The minimum Gasteiger partial charge on any atom is -0.497 e. The molecule has 27 heavy (non-hydrogen) atoms. The molecule has 2 heterocycles. The Bertz CT molecular complexity index is 898. The van der Waals surface area contributed by atoms with Crippen LogP contribution in [0.2, 0.25) is 0 Å². The highest BCUT2D eigenvalue weighted by Crippen LogP contribution is 2.24. The number of methoxy groups -OCH3 is 1. The van der Waals surface area contributed by atoms with E-state index in [0.717, 1.165) is 28.4 Å². The first-order valence-electron chi connectivity index (χ1n) is 8.87. The van der Waals surface area contributed by atoms with E-state index >= 15 is 0 Å². The Kier molecular flexibility index (Phi) is 5.63. The van der Waals surface area contributed by atoms with Crippen molar-refractivity contribution in [3.63, 3.8) is 0 Å². The van der Waals surface area contributed by atoms with Gasteiger partial charge >= 0.3 is 0 Å². The van der Waals surface area contributed by atoms with E-state index in [9.17, 15) is 10.1 Å². The first-order valence-corrected chi connectivity index (χ1v) is 8.87. The molecule has 0 spiro atoms. The van der Waals surface area contributed by atoms with Crippen molar-refractivity contribution < 1.29 is 14.3 Å². The Labute approximate surface area is 159 Å². The normalized spacial score (nSPS) is 14.7. The molecule has 0 unspecified atom stereocenters. The number of amides is 1. The zero-order valence-electron chi connectivity index (χ0n) is 15.9. The minimum absolute atomic E-state index is 0.145. The number of nitrogens with zero attached hydrogens (tertiary/aromatic N) is 3. The molecule has 0 bridgehead atoms. The standard InChI is InChI=1S/C21H23N3O3/c1-15-12-17(13-18(14-22)21(25)23-8-10-27-11-9-23)16(2)24(15)19-4-6-20(26-3)7-5-19/h4-7,12-13H,8-11H2,1-3H3/b18-13-. The molecule has 1 aliphatic rings. The molecule has 1 amide bonds. The van der Waals surface area contributed by atoms with Gasteiger partial charge in [-0.25, -0.2) is 0 Å². The van der Waals surface area contributed by atoms with Crippen LogP contribution in [0.15, 0.2) is 35.9 Å². The van der Waals surface area contributed by atoms with Crippen LogP contribution in [-0.2, 0) is 9.53 Å². The average molecular weight is 365 g/mol. The molecule has 1 aromatic heterocycles. The topological polar surface area (TPSA) is 67.5 Å². The summed E-state index contributed by atoms with van der Waals surface area (Å²) in [6, 6.07) is 11.8. The first-order chi connectivity index (χ1) is 13.0. The second-order valence-corrected chi connectivity index (χ2v) is 6.43. The number of hydrogen-bond acceptors (Lipinski definition) is 4. The van der Waals surface area contributed by atoms with E-state index in [0.29, 0.717) is 26.3 Å². The first kappa shape index (κ1) is 18.7. The van der Waals surface area contributed by atoms with Gasteiger partial charge in [0.05, 0.1) is 20.3 Å². The van der Waals surface area contributed by atoms with Crippen molar-refractivity contribution in [2.75, 3.05) is 33.4 Å². The van der Waals surface area contributed by atoms with Crippen LogP contribution >= 0.6 is 0 Å². The van der Waals surface area contributed by atoms with E-state index in [-0.39, 0.29) is 11.5 Å². The minimum atomic E-state index is -0.241. The summed E-state index contributed by atoms with van der Waals surface area (Å²) in [5, 5.41) is 9.51. The van der Waals surface area contributed by atoms with Crippen LogP contribution in [-0.4, -0.2) is 48.8 Å². The summed E-state index contributed by atoms with van der Waals surface area (Å²) in [5.41, 5.74) is 4.01. The van der Waals surface area contributed by atoms with Gasteiger partial charge in [-0.1, -0.05) is 0 Å². The largest absolute Gasteiger partial charge is 0.497 e. The highest BCUT2D eigenvalue weighted by molar-refractivity contribution is 6.01. The van der Waals surface area contributed by atoms with E-state index in [4.69, 9.17) is 9.47 Å². The lowest BCUT2D eigenvalue weighted by Gasteiger charge is -2.26. The second-order valence-electron chi connectivity index (χ2n) is 6.43. The number of benzene rings is 1. The van der Waals surface area contributed by atoms with Gasteiger partial charge in [-0.2, -0.15) is 5.26 Å². The van der Waals surface area contributed by atoms with Gasteiger partial charge in [-0.3, -0.25) is 4.79 Å². The third kappa shape index (κ3) is 3.88. The number of carbonyl (C=O) groups is 1. The molecule has 1 fully saturated rings. The fourth-order valence-electron chi connectivity index (χ4n) is 3.30. The van der Waals surface area contributed by atoms with Gasteiger partial charge in [0.15, 0.2) is 0 Å². The Morgan fingerprint density at radius 2 is 1.89 bits per heavy atom. The van der Waals surface area contributed by atoms with Gasteiger partial charge in [-0.05, 0) is 55.8 Å². The van der Waals surface area contributed by atoms with Crippen molar-refractivity contribution in [1.29, 1.82) is 5.26 Å². The van der Waals surface area contributed by atoms with E-state index in [1.807, 2.05) is 44.2 Å². The number of carbonyl (C=O) groups excluding carboxylic acids is 1. The molecule has 0 radical (unpaired) electrons. The van der Waals surface area contributed by atoms with Crippen molar-refractivity contribution >= 4 is 12.0 Å². The zero-order valence-corrected chi connectivity index (χ0v) is 15.9. The average Bonchev–Trinajstić information content (AvgIpc) is 2.99. The third-order valence-corrected chi connectivity index (χ3v) is 4.75. The van der Waals surface area contributed by atoms with Gasteiger partial charge in [0, 0.05) is 30.2 Å². The highest BCUT2D eigenvalue weighted by Gasteiger charge is 2.21. The summed E-state index contributed by atoms with van der Waals surface area (Å²) in [4.78, 5) is 14.3. The monoisotopic (exact) mass is 365 g/mol. The van der Waals surface area contributed by atoms with E-state index in [1.54, 1.807) is 18.1 Å².